The van der Waals surface area contributed by atoms with Crippen molar-refractivity contribution in [2.45, 2.75) is 25.9 Å². The molecule has 0 atom stereocenters. The molecule has 1 aromatic rings. The molecule has 0 aliphatic rings. The van der Waals surface area contributed by atoms with Crippen molar-refractivity contribution in [2.75, 3.05) is 0 Å². The molecule has 0 fully saturated rings. The van der Waals surface area contributed by atoms with Crippen LogP contribution in [0.5, 0.6) is 0 Å². The van der Waals surface area contributed by atoms with Crippen LogP contribution in [0, 0.1) is 5.82 Å². The average molecular weight is 289 g/mol. The molecule has 1 amide bonds. The maximum atomic E-state index is 13.2. The molecule has 0 radical (unpaired) electrons. The number of nitrogens with two attached hydrogens (primary N) is 1. The number of amides is 1. The van der Waals surface area contributed by atoms with Gasteiger partial charge in [-0.2, -0.15) is 0 Å². The second kappa shape index (κ2) is 4.93. The first kappa shape index (κ1) is 13.1. The molecule has 0 spiro atoms. The minimum atomic E-state index is -0.814. The van der Waals surface area contributed by atoms with Crippen molar-refractivity contribution in [3.63, 3.8) is 0 Å². The zero-order chi connectivity index (χ0) is 12.3. The number of nitrogens with one attached hydrogen (secondary N) is 1. The van der Waals surface area contributed by atoms with Gasteiger partial charge in [0.15, 0.2) is 0 Å². The van der Waals surface area contributed by atoms with Gasteiger partial charge in [0.2, 0.25) is 5.91 Å². The van der Waals surface area contributed by atoms with E-state index >= 15 is 0 Å². The molecule has 3 nitrogen and oxygen atoms in total. The molecule has 3 N–H and O–H groups in total. The zero-order valence-electron chi connectivity index (χ0n) is 9.18. The van der Waals surface area contributed by atoms with Gasteiger partial charge in [-0.15, -0.1) is 0 Å². The van der Waals surface area contributed by atoms with Gasteiger partial charge >= 0.3 is 0 Å². The molecule has 0 bridgehead atoms. The van der Waals surface area contributed by atoms with Crippen LogP contribution in [-0.2, 0) is 11.3 Å². The molecule has 0 saturated carbocycles. The summed E-state index contributed by atoms with van der Waals surface area (Å²) < 4.78 is 13.6. The van der Waals surface area contributed by atoms with E-state index in [0.717, 1.165) is 5.56 Å². The van der Waals surface area contributed by atoms with E-state index in [-0.39, 0.29) is 5.82 Å². The van der Waals surface area contributed by atoms with Crippen LogP contribution in [0.1, 0.15) is 19.4 Å². The molecule has 0 aromatic heterocycles. The fraction of sp³-hybridized carbons (Fsp3) is 0.364. The highest BCUT2D eigenvalue weighted by Gasteiger charge is 2.24. The molecule has 16 heavy (non-hydrogen) atoms. The summed E-state index contributed by atoms with van der Waals surface area (Å²) >= 11 is 3.15. The minimum Gasteiger partial charge on any atom is -0.368 e. The van der Waals surface area contributed by atoms with Crippen molar-refractivity contribution in [3.05, 3.63) is 34.1 Å². The SMILES string of the molecule is CC(C)(NCc1cccc(F)c1Br)C(N)=O. The quantitative estimate of drug-likeness (QED) is 0.890. The third-order valence-electron chi connectivity index (χ3n) is 2.37. The van der Waals surface area contributed by atoms with Gasteiger partial charge in [0.05, 0.1) is 10.0 Å². The molecular formula is C11H14BrFN2O. The summed E-state index contributed by atoms with van der Waals surface area (Å²) in [4.78, 5) is 11.1. The van der Waals surface area contributed by atoms with Crippen LogP contribution in [0.25, 0.3) is 0 Å². The predicted molar refractivity (Wildman–Crippen MR) is 64.2 cm³/mol. The normalized spacial score (nSPS) is 11.5. The van der Waals surface area contributed by atoms with E-state index in [1.807, 2.05) is 0 Å². The van der Waals surface area contributed by atoms with Gasteiger partial charge in [0.25, 0.3) is 0 Å². The van der Waals surface area contributed by atoms with Crippen LogP contribution in [-0.4, -0.2) is 11.4 Å². The lowest BCUT2D eigenvalue weighted by Gasteiger charge is -2.22. The Hall–Kier alpha value is -0.940. The Labute approximate surface area is 102 Å². The number of primary amides is 1. The van der Waals surface area contributed by atoms with Crippen LogP contribution in [0.15, 0.2) is 22.7 Å². The summed E-state index contributed by atoms with van der Waals surface area (Å²) in [5.74, 6) is -0.767. The average Bonchev–Trinajstić information content (AvgIpc) is 2.20. The number of carbonyl (C=O) groups excluding carboxylic acids is 1. The van der Waals surface area contributed by atoms with Gasteiger partial charge in [-0.3, -0.25) is 10.1 Å². The Morgan fingerprint density at radius 3 is 2.75 bits per heavy atom. The molecule has 0 heterocycles. The molecule has 1 rings (SSSR count). The van der Waals surface area contributed by atoms with Gasteiger partial charge in [0, 0.05) is 6.54 Å². The van der Waals surface area contributed by atoms with E-state index in [0.29, 0.717) is 11.0 Å². The maximum absolute atomic E-state index is 13.2. The highest BCUT2D eigenvalue weighted by Crippen LogP contribution is 2.20. The Bertz CT molecular complexity index is 407. The lowest BCUT2D eigenvalue weighted by atomic mass is 10.0. The summed E-state index contributed by atoms with van der Waals surface area (Å²) in [6.45, 7) is 3.74. The number of hydrogen-bond donors (Lipinski definition) is 2. The predicted octanol–water partition coefficient (Wildman–Crippen LogP) is 1.94. The monoisotopic (exact) mass is 288 g/mol. The Morgan fingerprint density at radius 2 is 2.19 bits per heavy atom. The van der Waals surface area contributed by atoms with Crippen LogP contribution < -0.4 is 11.1 Å². The zero-order valence-corrected chi connectivity index (χ0v) is 10.8. The molecule has 0 aliphatic carbocycles. The van der Waals surface area contributed by atoms with Gasteiger partial charge in [-0.1, -0.05) is 12.1 Å². The third kappa shape index (κ3) is 3.02. The molecule has 1 aromatic carbocycles. The standard InChI is InChI=1S/C11H14BrFN2O/c1-11(2,10(14)16)15-6-7-4-3-5-8(13)9(7)12/h3-5,15H,6H2,1-2H3,(H2,14,16). The van der Waals surface area contributed by atoms with Gasteiger partial charge in [-0.05, 0) is 41.4 Å². The van der Waals surface area contributed by atoms with Crippen molar-refractivity contribution in [1.29, 1.82) is 0 Å². The summed E-state index contributed by atoms with van der Waals surface area (Å²) in [5, 5.41) is 2.97. The van der Waals surface area contributed by atoms with E-state index in [2.05, 4.69) is 21.2 Å². The van der Waals surface area contributed by atoms with Crippen LogP contribution in [0.3, 0.4) is 0 Å². The second-order valence-electron chi connectivity index (χ2n) is 4.06. The van der Waals surface area contributed by atoms with E-state index in [4.69, 9.17) is 5.73 Å². The molecule has 88 valence electrons. The van der Waals surface area contributed by atoms with Crippen molar-refractivity contribution in [1.82, 2.24) is 5.32 Å². The first-order chi connectivity index (χ1) is 7.34. The van der Waals surface area contributed by atoms with Crippen molar-refractivity contribution < 1.29 is 9.18 Å². The van der Waals surface area contributed by atoms with E-state index < -0.39 is 11.4 Å². The molecule has 0 unspecified atom stereocenters. The smallest absolute Gasteiger partial charge is 0.237 e. The van der Waals surface area contributed by atoms with Crippen LogP contribution >= 0.6 is 15.9 Å². The highest BCUT2D eigenvalue weighted by atomic mass is 79.9. The fourth-order valence-electron chi connectivity index (χ4n) is 1.09. The van der Waals surface area contributed by atoms with Gasteiger partial charge < -0.3 is 5.73 Å². The number of carbonyl (C=O) groups is 1. The van der Waals surface area contributed by atoms with Crippen LogP contribution in [0.2, 0.25) is 0 Å². The highest BCUT2D eigenvalue weighted by molar-refractivity contribution is 9.10. The lowest BCUT2D eigenvalue weighted by molar-refractivity contribution is -0.123. The van der Waals surface area contributed by atoms with Gasteiger partial charge in [0.1, 0.15) is 5.82 Å². The van der Waals surface area contributed by atoms with E-state index in [1.54, 1.807) is 26.0 Å². The lowest BCUT2D eigenvalue weighted by Crippen LogP contribution is -2.50. The first-order valence-corrected chi connectivity index (χ1v) is 5.61. The molecule has 0 aliphatic heterocycles. The fourth-order valence-corrected chi connectivity index (χ4v) is 1.49. The van der Waals surface area contributed by atoms with E-state index in [9.17, 15) is 9.18 Å². The molecule has 5 heteroatoms. The number of halogens is 2. The first-order valence-electron chi connectivity index (χ1n) is 4.82. The summed E-state index contributed by atoms with van der Waals surface area (Å²) in [6.07, 6.45) is 0. The number of rotatable bonds is 4. The molecular weight excluding hydrogens is 275 g/mol. The Balaban J connectivity index is 2.76. The largest absolute Gasteiger partial charge is 0.368 e. The van der Waals surface area contributed by atoms with Crippen molar-refractivity contribution in [3.8, 4) is 0 Å². The Morgan fingerprint density at radius 1 is 1.56 bits per heavy atom. The van der Waals surface area contributed by atoms with Crippen molar-refractivity contribution >= 4 is 21.8 Å². The third-order valence-corrected chi connectivity index (χ3v) is 3.26. The minimum absolute atomic E-state index is 0.323. The maximum Gasteiger partial charge on any atom is 0.237 e. The van der Waals surface area contributed by atoms with E-state index in [1.165, 1.54) is 6.07 Å². The summed E-state index contributed by atoms with van der Waals surface area (Å²) in [7, 11) is 0. The second-order valence-corrected chi connectivity index (χ2v) is 4.85. The topological polar surface area (TPSA) is 55.1 Å². The summed E-state index contributed by atoms with van der Waals surface area (Å²) in [5.41, 5.74) is 5.15. The summed E-state index contributed by atoms with van der Waals surface area (Å²) in [6, 6.07) is 4.76. The van der Waals surface area contributed by atoms with Gasteiger partial charge in [-0.25, -0.2) is 4.39 Å². The Kier molecular flexibility index (Phi) is 4.04. The molecule has 0 saturated heterocycles. The van der Waals surface area contributed by atoms with Crippen molar-refractivity contribution in [2.24, 2.45) is 5.73 Å². The number of benzene rings is 1. The number of hydrogen-bond acceptors (Lipinski definition) is 2. The van der Waals surface area contributed by atoms with Crippen LogP contribution in [0.4, 0.5) is 4.39 Å².